The fourth-order valence-electron chi connectivity index (χ4n) is 1.17. The first-order chi connectivity index (χ1) is 7.54. The molecule has 6 nitrogen and oxygen atoms in total. The monoisotopic (exact) mass is 222 g/mol. The van der Waals surface area contributed by atoms with Crippen molar-refractivity contribution >= 4 is 17.6 Å². The lowest BCUT2D eigenvalue weighted by Gasteiger charge is -2.09. The maximum Gasteiger partial charge on any atom is 0.327 e. The summed E-state index contributed by atoms with van der Waals surface area (Å²) in [5.74, 6) is -0.514. The predicted molar refractivity (Wildman–Crippen MR) is 60.9 cm³/mol. The molecule has 0 bridgehead atoms. The van der Waals surface area contributed by atoms with E-state index < -0.39 is 12.0 Å². The maximum absolute atomic E-state index is 11.2. The van der Waals surface area contributed by atoms with Crippen molar-refractivity contribution in [3.05, 3.63) is 29.8 Å². The van der Waals surface area contributed by atoms with Crippen molar-refractivity contribution < 1.29 is 9.53 Å². The molecule has 1 aromatic carbocycles. The summed E-state index contributed by atoms with van der Waals surface area (Å²) in [6, 6.07) is 5.88. The van der Waals surface area contributed by atoms with Crippen molar-refractivity contribution in [2.24, 2.45) is 22.2 Å². The number of aliphatic imine (C=N–C) groups is 1. The van der Waals surface area contributed by atoms with E-state index in [9.17, 15) is 4.79 Å². The van der Waals surface area contributed by atoms with E-state index in [4.69, 9.17) is 17.2 Å². The average molecular weight is 222 g/mol. The lowest BCUT2D eigenvalue weighted by molar-refractivity contribution is -0.142. The molecule has 0 radical (unpaired) electrons. The van der Waals surface area contributed by atoms with Crippen LogP contribution in [0.25, 0.3) is 0 Å². The number of hydrogen-bond donors (Lipinski definition) is 3. The molecule has 1 rings (SSSR count). The molecular formula is C10H14N4O2. The highest BCUT2D eigenvalue weighted by molar-refractivity contribution is 5.79. The Hall–Kier alpha value is -2.08. The van der Waals surface area contributed by atoms with Crippen molar-refractivity contribution in [2.45, 2.75) is 6.04 Å². The van der Waals surface area contributed by atoms with Crippen LogP contribution >= 0.6 is 0 Å². The second-order valence-corrected chi connectivity index (χ2v) is 3.13. The highest BCUT2D eigenvalue weighted by atomic mass is 16.5. The molecule has 0 aromatic heterocycles. The van der Waals surface area contributed by atoms with Gasteiger partial charge in [-0.1, -0.05) is 12.1 Å². The molecule has 0 saturated carbocycles. The molecule has 0 heterocycles. The molecular weight excluding hydrogens is 208 g/mol. The van der Waals surface area contributed by atoms with Gasteiger partial charge in [0.05, 0.1) is 12.8 Å². The van der Waals surface area contributed by atoms with Crippen LogP contribution in [0.3, 0.4) is 0 Å². The van der Waals surface area contributed by atoms with Crippen molar-refractivity contribution in [2.75, 3.05) is 7.11 Å². The molecule has 1 atom stereocenters. The Kier molecular flexibility index (Phi) is 3.84. The van der Waals surface area contributed by atoms with Gasteiger partial charge in [0.2, 0.25) is 0 Å². The van der Waals surface area contributed by atoms with Crippen molar-refractivity contribution in [1.82, 2.24) is 0 Å². The van der Waals surface area contributed by atoms with E-state index in [0.717, 1.165) is 0 Å². The number of nitrogens with zero attached hydrogens (tertiary/aromatic N) is 1. The maximum atomic E-state index is 11.2. The highest BCUT2D eigenvalue weighted by Crippen LogP contribution is 2.17. The molecule has 0 amide bonds. The molecule has 16 heavy (non-hydrogen) atoms. The Labute approximate surface area is 93.1 Å². The van der Waals surface area contributed by atoms with E-state index in [0.29, 0.717) is 11.3 Å². The molecule has 6 heteroatoms. The van der Waals surface area contributed by atoms with E-state index in [1.54, 1.807) is 24.3 Å². The molecule has 0 aliphatic heterocycles. The summed E-state index contributed by atoms with van der Waals surface area (Å²) in [5, 5.41) is 0. The Morgan fingerprint density at radius 3 is 2.31 bits per heavy atom. The van der Waals surface area contributed by atoms with Crippen LogP contribution in [-0.4, -0.2) is 19.0 Å². The SMILES string of the molecule is COC(=O)[C@@H](N)c1ccc(N=C(N)N)cc1. The molecule has 0 aliphatic rings. The summed E-state index contributed by atoms with van der Waals surface area (Å²) in [7, 11) is 1.29. The number of hydrogen-bond acceptors (Lipinski definition) is 4. The quantitative estimate of drug-likeness (QED) is 0.371. The Morgan fingerprint density at radius 1 is 1.31 bits per heavy atom. The van der Waals surface area contributed by atoms with Gasteiger partial charge in [0.25, 0.3) is 0 Å². The van der Waals surface area contributed by atoms with Gasteiger partial charge in [-0.3, -0.25) is 4.79 Å². The van der Waals surface area contributed by atoms with Crippen LogP contribution < -0.4 is 17.2 Å². The number of esters is 1. The molecule has 6 N–H and O–H groups in total. The predicted octanol–water partition coefficient (Wildman–Crippen LogP) is -0.236. The van der Waals surface area contributed by atoms with Crippen LogP contribution in [0, 0.1) is 0 Å². The molecule has 0 fully saturated rings. The summed E-state index contributed by atoms with van der Waals surface area (Å²) in [6.45, 7) is 0. The average Bonchev–Trinajstić information content (AvgIpc) is 2.27. The van der Waals surface area contributed by atoms with Crippen LogP contribution in [0.1, 0.15) is 11.6 Å². The number of nitrogens with two attached hydrogens (primary N) is 3. The van der Waals surface area contributed by atoms with Gasteiger partial charge in [-0.2, -0.15) is 0 Å². The van der Waals surface area contributed by atoms with E-state index in [1.807, 2.05) is 0 Å². The molecule has 0 unspecified atom stereocenters. The first kappa shape index (κ1) is 12.0. The topological polar surface area (TPSA) is 117 Å². The third-order valence-electron chi connectivity index (χ3n) is 1.97. The van der Waals surface area contributed by atoms with Crippen LogP contribution in [-0.2, 0) is 9.53 Å². The van der Waals surface area contributed by atoms with Crippen molar-refractivity contribution in [3.63, 3.8) is 0 Å². The zero-order valence-electron chi connectivity index (χ0n) is 8.88. The third-order valence-corrected chi connectivity index (χ3v) is 1.97. The molecule has 1 aromatic rings. The molecule has 0 aliphatic carbocycles. The van der Waals surface area contributed by atoms with Gasteiger partial charge in [0.1, 0.15) is 6.04 Å². The van der Waals surface area contributed by atoms with Gasteiger partial charge in [-0.25, -0.2) is 4.99 Å². The zero-order chi connectivity index (χ0) is 12.1. The van der Waals surface area contributed by atoms with E-state index in [2.05, 4.69) is 9.73 Å². The second kappa shape index (κ2) is 5.13. The molecule has 0 saturated heterocycles. The van der Waals surface area contributed by atoms with Crippen molar-refractivity contribution in [1.29, 1.82) is 0 Å². The molecule has 86 valence electrons. The number of carbonyl (C=O) groups excluding carboxylic acids is 1. The first-order valence-corrected chi connectivity index (χ1v) is 4.57. The van der Waals surface area contributed by atoms with Crippen molar-refractivity contribution in [3.8, 4) is 0 Å². The minimum absolute atomic E-state index is 0.0231. The minimum atomic E-state index is -0.793. The van der Waals surface area contributed by atoms with Gasteiger partial charge in [0, 0.05) is 0 Å². The van der Waals surface area contributed by atoms with E-state index in [1.165, 1.54) is 7.11 Å². The first-order valence-electron chi connectivity index (χ1n) is 4.57. The van der Waals surface area contributed by atoms with Crippen LogP contribution in [0.15, 0.2) is 29.3 Å². The summed E-state index contributed by atoms with van der Waals surface area (Å²) in [5.41, 5.74) is 17.3. The van der Waals surface area contributed by atoms with Gasteiger partial charge in [0.15, 0.2) is 5.96 Å². The zero-order valence-corrected chi connectivity index (χ0v) is 8.88. The van der Waals surface area contributed by atoms with Crippen LogP contribution in [0.5, 0.6) is 0 Å². The Morgan fingerprint density at radius 2 is 1.88 bits per heavy atom. The summed E-state index contributed by atoms with van der Waals surface area (Å²) in [4.78, 5) is 15.0. The number of ether oxygens (including phenoxy) is 1. The lowest BCUT2D eigenvalue weighted by atomic mass is 10.1. The highest BCUT2D eigenvalue weighted by Gasteiger charge is 2.15. The Bertz CT molecular complexity index is 396. The Balaban J connectivity index is 2.86. The van der Waals surface area contributed by atoms with Crippen LogP contribution in [0.4, 0.5) is 5.69 Å². The van der Waals surface area contributed by atoms with Gasteiger partial charge in [-0.05, 0) is 17.7 Å². The number of benzene rings is 1. The summed E-state index contributed by atoms with van der Waals surface area (Å²) < 4.78 is 4.53. The normalized spacial score (nSPS) is 11.6. The number of carbonyl (C=O) groups is 1. The number of guanidine groups is 1. The van der Waals surface area contributed by atoms with Gasteiger partial charge < -0.3 is 21.9 Å². The summed E-state index contributed by atoms with van der Waals surface area (Å²) >= 11 is 0. The fraction of sp³-hybridized carbons (Fsp3) is 0.200. The lowest BCUT2D eigenvalue weighted by Crippen LogP contribution is -2.22. The van der Waals surface area contributed by atoms with E-state index in [-0.39, 0.29) is 5.96 Å². The number of methoxy groups -OCH3 is 1. The van der Waals surface area contributed by atoms with Gasteiger partial charge >= 0.3 is 5.97 Å². The smallest absolute Gasteiger partial charge is 0.327 e. The standard InChI is InChI=1S/C10H14N4O2/c1-16-9(15)8(11)6-2-4-7(5-3-6)14-10(12)13/h2-5,8H,11H2,1H3,(H4,12,13,14)/t8-/m0/s1. The second-order valence-electron chi connectivity index (χ2n) is 3.13. The van der Waals surface area contributed by atoms with Gasteiger partial charge in [-0.15, -0.1) is 0 Å². The molecule has 0 spiro atoms. The summed E-state index contributed by atoms with van der Waals surface area (Å²) in [6.07, 6.45) is 0. The van der Waals surface area contributed by atoms with E-state index >= 15 is 0 Å². The third kappa shape index (κ3) is 2.96. The fourth-order valence-corrected chi connectivity index (χ4v) is 1.17. The van der Waals surface area contributed by atoms with Crippen LogP contribution in [0.2, 0.25) is 0 Å². The minimum Gasteiger partial charge on any atom is -0.468 e. The largest absolute Gasteiger partial charge is 0.468 e. The number of rotatable bonds is 3.